The van der Waals surface area contributed by atoms with Crippen molar-refractivity contribution in [2.24, 2.45) is 0 Å². The zero-order valence-electron chi connectivity index (χ0n) is 30.7. The molecule has 49 heavy (non-hydrogen) atoms. The lowest BCUT2D eigenvalue weighted by Gasteiger charge is -2.50. The number of methoxy groups -OCH3 is 10. The minimum atomic E-state index is -0.984. The highest BCUT2D eigenvalue weighted by Gasteiger charge is 2.55. The molecule has 4 aliphatic heterocycles. The molecule has 0 radical (unpaired) electrons. The molecule has 288 valence electrons. The second kappa shape index (κ2) is 19.4. The van der Waals surface area contributed by atoms with Gasteiger partial charge in [-0.2, -0.15) is 0 Å². The Hall–Kier alpha value is -0.680. The summed E-state index contributed by atoms with van der Waals surface area (Å²) in [6.45, 7) is 4.14. The van der Waals surface area contributed by atoms with Crippen LogP contribution in [0, 0.1) is 0 Å². The van der Waals surface area contributed by atoms with Crippen LogP contribution >= 0.6 is 0 Å². The van der Waals surface area contributed by atoms with Crippen molar-refractivity contribution >= 4 is 0 Å². The van der Waals surface area contributed by atoms with E-state index in [9.17, 15) is 0 Å². The van der Waals surface area contributed by atoms with Gasteiger partial charge in [0, 0.05) is 71.1 Å². The van der Waals surface area contributed by atoms with Crippen LogP contribution in [-0.2, 0) is 80.5 Å². The van der Waals surface area contributed by atoms with Crippen LogP contribution in [0.3, 0.4) is 0 Å². The Bertz CT molecular complexity index is 949. The van der Waals surface area contributed by atoms with Crippen LogP contribution in [-0.4, -0.2) is 195 Å². The van der Waals surface area contributed by atoms with E-state index in [1.54, 1.807) is 56.9 Å². The molecule has 0 bridgehead atoms. The zero-order valence-corrected chi connectivity index (χ0v) is 30.7. The van der Waals surface area contributed by atoms with Gasteiger partial charge < -0.3 is 80.5 Å². The largest absolute Gasteiger partial charge is 0.376 e. The molecule has 0 unspecified atom stereocenters. The summed E-state index contributed by atoms with van der Waals surface area (Å²) in [6, 6.07) is 0. The normalized spacial score (nSPS) is 46.5. The molecule has 4 heterocycles. The maximum Gasteiger partial charge on any atom is 0.187 e. The van der Waals surface area contributed by atoms with E-state index >= 15 is 0 Å². The molecule has 0 spiro atoms. The van der Waals surface area contributed by atoms with Gasteiger partial charge in [-0.25, -0.2) is 0 Å². The molecule has 0 aromatic rings. The fourth-order valence-corrected chi connectivity index (χ4v) is 7.23. The van der Waals surface area contributed by atoms with Crippen molar-refractivity contribution in [3.63, 3.8) is 0 Å². The number of rotatable bonds is 16. The lowest BCUT2D eigenvalue weighted by molar-refractivity contribution is -0.390. The second-order valence-electron chi connectivity index (χ2n) is 12.3. The molecule has 0 saturated carbocycles. The van der Waals surface area contributed by atoms with Gasteiger partial charge in [0.25, 0.3) is 0 Å². The highest BCUT2D eigenvalue weighted by atomic mass is 16.8. The fraction of sp³-hybridized carbons (Fsp3) is 1.00. The van der Waals surface area contributed by atoms with Gasteiger partial charge in [0.1, 0.15) is 73.2 Å². The van der Waals surface area contributed by atoms with Gasteiger partial charge in [0.2, 0.25) is 0 Å². The predicted molar refractivity (Wildman–Crippen MR) is 167 cm³/mol. The number of hydrogen-bond acceptors (Lipinski definition) is 17. The van der Waals surface area contributed by atoms with Gasteiger partial charge in [-0.3, -0.25) is 0 Å². The molecule has 4 rings (SSSR count). The monoisotopic (exact) mass is 714 g/mol. The average Bonchev–Trinajstić information content (AvgIpc) is 3.12. The van der Waals surface area contributed by atoms with E-state index in [-0.39, 0.29) is 31.5 Å². The smallest absolute Gasteiger partial charge is 0.187 e. The zero-order chi connectivity index (χ0) is 35.8. The summed E-state index contributed by atoms with van der Waals surface area (Å²) < 4.78 is 102. The first kappa shape index (κ1) is 41.1. The highest BCUT2D eigenvalue weighted by molar-refractivity contribution is 4.97. The highest BCUT2D eigenvalue weighted by Crippen LogP contribution is 2.36. The van der Waals surface area contributed by atoms with E-state index < -0.39 is 92.3 Å². The van der Waals surface area contributed by atoms with Crippen LogP contribution < -0.4 is 0 Å². The Kier molecular flexibility index (Phi) is 16.3. The van der Waals surface area contributed by atoms with Crippen molar-refractivity contribution in [1.29, 1.82) is 0 Å². The van der Waals surface area contributed by atoms with Gasteiger partial charge in [-0.15, -0.1) is 0 Å². The minimum Gasteiger partial charge on any atom is -0.376 e. The van der Waals surface area contributed by atoms with E-state index in [0.717, 1.165) is 0 Å². The second-order valence-corrected chi connectivity index (χ2v) is 12.3. The summed E-state index contributed by atoms with van der Waals surface area (Å²) >= 11 is 0. The van der Waals surface area contributed by atoms with Crippen LogP contribution in [0.2, 0.25) is 0 Å². The van der Waals surface area contributed by atoms with Gasteiger partial charge >= 0.3 is 0 Å². The number of hydrogen-bond donors (Lipinski definition) is 0. The van der Waals surface area contributed by atoms with Crippen LogP contribution in [0.1, 0.15) is 13.8 Å². The standard InChI is InChI=1S/C32H58O17/c1-15-19(35-5)23(37-7)26(40-10)31(45-15)48-22-18(34-4)14-43-29(42-12)28(22)49-32-27(41-11)24(38-8)20(16(2)46-32)47-30-25(39-9)21(36-6)17(33-3)13-44-30/h15-32H,13-14H2,1-12H3/t15-,16-,17+,18+,19-,20-,21-,22-,23+,24+,25+,26+,27+,28+,29-,30-,31-,32-/m0/s1. The Morgan fingerprint density at radius 1 is 0.327 bits per heavy atom. The summed E-state index contributed by atoms with van der Waals surface area (Å²) in [5.41, 5.74) is 0. The fourth-order valence-electron chi connectivity index (χ4n) is 7.23. The third-order valence-electron chi connectivity index (χ3n) is 9.84. The first-order valence-electron chi connectivity index (χ1n) is 16.5. The molecule has 4 aliphatic rings. The van der Waals surface area contributed by atoms with Gasteiger partial charge in [-0.1, -0.05) is 0 Å². The minimum absolute atomic E-state index is 0.161. The predicted octanol–water partition coefficient (Wildman–Crippen LogP) is 0.126. The topological polar surface area (TPSA) is 157 Å². The third kappa shape index (κ3) is 8.76. The van der Waals surface area contributed by atoms with Crippen molar-refractivity contribution in [2.75, 3.05) is 84.3 Å². The first-order valence-corrected chi connectivity index (χ1v) is 16.5. The van der Waals surface area contributed by atoms with E-state index in [2.05, 4.69) is 0 Å². The molecule has 0 aromatic carbocycles. The Labute approximate surface area is 289 Å². The lowest BCUT2D eigenvalue weighted by Crippen LogP contribution is -2.66. The van der Waals surface area contributed by atoms with Crippen LogP contribution in [0.15, 0.2) is 0 Å². The van der Waals surface area contributed by atoms with Crippen molar-refractivity contribution in [1.82, 2.24) is 0 Å². The molecule has 0 N–H and O–H groups in total. The molecule has 0 aromatic heterocycles. The van der Waals surface area contributed by atoms with Gasteiger partial charge in [-0.05, 0) is 13.8 Å². The van der Waals surface area contributed by atoms with Crippen molar-refractivity contribution in [2.45, 2.75) is 124 Å². The summed E-state index contributed by atoms with van der Waals surface area (Å²) in [5, 5.41) is 0. The molecule has 4 fully saturated rings. The van der Waals surface area contributed by atoms with E-state index in [0.29, 0.717) is 0 Å². The SMILES string of the molecule is CO[C@H]1OC[C@@H](OC)[C@H](O[C@@H]2O[C@@H](C)[C@H](OC)[C@@H](OC)[C@H]2OC)[C@H]1O[C@@H]1O[C@@H](C)[C@H](O[C@@H]2OC[C@@H](OC)[C@H](OC)[C@H]2OC)[C@@H](OC)[C@H]1OC. The molecule has 0 amide bonds. The molecule has 0 aliphatic carbocycles. The van der Waals surface area contributed by atoms with Crippen molar-refractivity contribution < 1.29 is 80.5 Å². The van der Waals surface area contributed by atoms with E-state index in [4.69, 9.17) is 80.5 Å². The van der Waals surface area contributed by atoms with E-state index in [1.165, 1.54) is 14.2 Å². The van der Waals surface area contributed by atoms with Crippen LogP contribution in [0.25, 0.3) is 0 Å². The van der Waals surface area contributed by atoms with Gasteiger partial charge in [0.05, 0.1) is 25.4 Å². The molecule has 17 nitrogen and oxygen atoms in total. The first-order chi connectivity index (χ1) is 23.7. The summed E-state index contributed by atoms with van der Waals surface area (Å²) in [6.07, 6.45) is -11.7. The van der Waals surface area contributed by atoms with Crippen molar-refractivity contribution in [3.8, 4) is 0 Å². The van der Waals surface area contributed by atoms with E-state index in [1.807, 2.05) is 13.8 Å². The summed E-state index contributed by atoms with van der Waals surface area (Å²) in [4.78, 5) is 0. The molecule has 17 heteroatoms. The van der Waals surface area contributed by atoms with Gasteiger partial charge in [0.15, 0.2) is 25.2 Å². The van der Waals surface area contributed by atoms with Crippen molar-refractivity contribution in [3.05, 3.63) is 0 Å². The Morgan fingerprint density at radius 2 is 0.714 bits per heavy atom. The molecule has 18 atom stereocenters. The quantitative estimate of drug-likeness (QED) is 0.212. The summed E-state index contributed by atoms with van der Waals surface area (Å²) in [7, 11) is 15.7. The average molecular weight is 715 g/mol. The maximum atomic E-state index is 6.68. The Balaban J connectivity index is 1.57. The lowest BCUT2D eigenvalue weighted by atomic mass is 9.97. The Morgan fingerprint density at radius 3 is 1.18 bits per heavy atom. The van der Waals surface area contributed by atoms with Crippen LogP contribution in [0.4, 0.5) is 0 Å². The molecule has 4 saturated heterocycles. The maximum absolute atomic E-state index is 6.68. The molecular formula is C32H58O17. The third-order valence-corrected chi connectivity index (χ3v) is 9.84. The van der Waals surface area contributed by atoms with Crippen LogP contribution in [0.5, 0.6) is 0 Å². The number of ether oxygens (including phenoxy) is 17. The molecular weight excluding hydrogens is 656 g/mol. The summed E-state index contributed by atoms with van der Waals surface area (Å²) in [5.74, 6) is 0.